The van der Waals surface area contributed by atoms with Gasteiger partial charge in [0.15, 0.2) is 24.1 Å². The Hall–Kier alpha value is -3.10. The fourth-order valence-electron chi connectivity index (χ4n) is 2.53. The third-order valence-electron chi connectivity index (χ3n) is 3.83. The molecule has 0 radical (unpaired) electrons. The molecule has 3 rings (SSSR count). The standard InChI is InChI=1S/C18H17F3N4O2/c1-11-2-3-13(6-22-11)27-9-17(26)24-16-8-25(10-23-16)7-12-4-14(19)18(21)15(20)5-12/h2-6,10,16H,7-9H2,1H3,(H,24,26). The number of pyridine rings is 1. The van der Waals surface area contributed by atoms with Gasteiger partial charge in [0.25, 0.3) is 5.91 Å². The summed E-state index contributed by atoms with van der Waals surface area (Å²) < 4.78 is 44.9. The van der Waals surface area contributed by atoms with Crippen molar-refractivity contribution in [2.45, 2.75) is 19.6 Å². The lowest BCUT2D eigenvalue weighted by Crippen LogP contribution is -2.39. The monoisotopic (exact) mass is 378 g/mol. The van der Waals surface area contributed by atoms with Crippen LogP contribution in [0.1, 0.15) is 11.3 Å². The average Bonchev–Trinajstić information content (AvgIpc) is 3.06. The lowest BCUT2D eigenvalue weighted by molar-refractivity contribution is -0.123. The number of nitrogens with zero attached hydrogens (tertiary/aromatic N) is 3. The number of amides is 1. The summed E-state index contributed by atoms with van der Waals surface area (Å²) in [6.45, 7) is 2.11. The Morgan fingerprint density at radius 3 is 2.70 bits per heavy atom. The van der Waals surface area contributed by atoms with E-state index in [9.17, 15) is 18.0 Å². The molecular formula is C18H17F3N4O2. The second kappa shape index (κ2) is 8.07. The summed E-state index contributed by atoms with van der Waals surface area (Å²) in [6, 6.07) is 5.35. The van der Waals surface area contributed by atoms with Crippen LogP contribution >= 0.6 is 0 Å². The minimum absolute atomic E-state index is 0.134. The van der Waals surface area contributed by atoms with Crippen molar-refractivity contribution >= 4 is 12.2 Å². The Balaban J connectivity index is 1.46. The topological polar surface area (TPSA) is 66.8 Å². The summed E-state index contributed by atoms with van der Waals surface area (Å²) in [7, 11) is 0. The highest BCUT2D eigenvalue weighted by atomic mass is 19.2. The van der Waals surface area contributed by atoms with E-state index < -0.39 is 23.6 Å². The number of ether oxygens (including phenoxy) is 1. The number of aryl methyl sites for hydroxylation is 1. The van der Waals surface area contributed by atoms with Gasteiger partial charge < -0.3 is 15.0 Å². The fraction of sp³-hybridized carbons (Fsp3) is 0.278. The van der Waals surface area contributed by atoms with Crippen molar-refractivity contribution in [3.63, 3.8) is 0 Å². The molecule has 2 aromatic rings. The summed E-state index contributed by atoms with van der Waals surface area (Å²) >= 11 is 0. The molecule has 0 aliphatic carbocycles. The maximum Gasteiger partial charge on any atom is 0.259 e. The SMILES string of the molecule is Cc1ccc(OCC(=O)NC2CN(Cc3cc(F)c(F)c(F)c3)C=N2)cn1. The van der Waals surface area contributed by atoms with Crippen molar-refractivity contribution < 1.29 is 22.7 Å². The van der Waals surface area contributed by atoms with Crippen LogP contribution in [0, 0.1) is 24.4 Å². The van der Waals surface area contributed by atoms with Gasteiger partial charge in [0.1, 0.15) is 11.9 Å². The Labute approximate surface area is 153 Å². The smallest absolute Gasteiger partial charge is 0.259 e. The molecule has 1 aromatic carbocycles. The van der Waals surface area contributed by atoms with E-state index in [1.807, 2.05) is 6.92 Å². The van der Waals surface area contributed by atoms with Crippen LogP contribution in [0.2, 0.25) is 0 Å². The fourth-order valence-corrected chi connectivity index (χ4v) is 2.53. The summed E-state index contributed by atoms with van der Waals surface area (Å²) in [5, 5.41) is 2.68. The average molecular weight is 378 g/mol. The Bertz CT molecular complexity index is 835. The molecule has 2 heterocycles. The summed E-state index contributed by atoms with van der Waals surface area (Å²) in [4.78, 5) is 21.8. The molecule has 1 atom stereocenters. The minimum atomic E-state index is -1.50. The molecule has 0 saturated carbocycles. The van der Waals surface area contributed by atoms with Gasteiger partial charge in [-0.1, -0.05) is 0 Å². The number of hydrogen-bond donors (Lipinski definition) is 1. The number of carbonyl (C=O) groups excluding carboxylic acids is 1. The van der Waals surface area contributed by atoms with Crippen molar-refractivity contribution in [2.24, 2.45) is 4.99 Å². The van der Waals surface area contributed by atoms with Crippen LogP contribution in [0.3, 0.4) is 0 Å². The van der Waals surface area contributed by atoms with Gasteiger partial charge in [0.05, 0.1) is 19.1 Å². The van der Waals surface area contributed by atoms with Crippen LogP contribution in [0.4, 0.5) is 13.2 Å². The van der Waals surface area contributed by atoms with Crippen molar-refractivity contribution in [3.8, 4) is 5.75 Å². The van der Waals surface area contributed by atoms with E-state index >= 15 is 0 Å². The lowest BCUT2D eigenvalue weighted by Gasteiger charge is -2.17. The summed E-state index contributed by atoms with van der Waals surface area (Å²) in [6.07, 6.45) is 2.49. The largest absolute Gasteiger partial charge is 0.482 e. The second-order valence-corrected chi connectivity index (χ2v) is 6.07. The molecule has 1 aliphatic rings. The second-order valence-electron chi connectivity index (χ2n) is 6.07. The molecule has 0 fully saturated rings. The highest BCUT2D eigenvalue weighted by Crippen LogP contribution is 2.16. The van der Waals surface area contributed by atoms with Crippen molar-refractivity contribution in [1.82, 2.24) is 15.2 Å². The first-order valence-electron chi connectivity index (χ1n) is 8.16. The van der Waals surface area contributed by atoms with Crippen molar-refractivity contribution in [3.05, 3.63) is 59.2 Å². The van der Waals surface area contributed by atoms with Crippen LogP contribution in [0.25, 0.3) is 0 Å². The molecule has 0 bridgehead atoms. The number of nitrogens with one attached hydrogen (secondary N) is 1. The number of rotatable bonds is 6. The molecule has 0 saturated heterocycles. The Morgan fingerprint density at radius 1 is 1.30 bits per heavy atom. The number of aliphatic imine (C=N–C) groups is 1. The molecule has 1 unspecified atom stereocenters. The number of hydrogen-bond acceptors (Lipinski definition) is 5. The van der Waals surface area contributed by atoms with Crippen molar-refractivity contribution in [2.75, 3.05) is 13.2 Å². The van der Waals surface area contributed by atoms with Gasteiger partial charge in [-0.3, -0.25) is 9.78 Å². The van der Waals surface area contributed by atoms with Gasteiger partial charge in [0, 0.05) is 12.2 Å². The van der Waals surface area contributed by atoms with Crippen LogP contribution in [0.15, 0.2) is 35.5 Å². The highest BCUT2D eigenvalue weighted by molar-refractivity contribution is 5.78. The highest BCUT2D eigenvalue weighted by Gasteiger charge is 2.20. The molecule has 0 spiro atoms. The van der Waals surface area contributed by atoms with Crippen molar-refractivity contribution in [1.29, 1.82) is 0 Å². The van der Waals surface area contributed by atoms with Gasteiger partial charge in [-0.2, -0.15) is 0 Å². The molecule has 1 aliphatic heterocycles. The van der Waals surface area contributed by atoms with Crippen LogP contribution < -0.4 is 10.1 Å². The van der Waals surface area contributed by atoms with Gasteiger partial charge in [-0.05, 0) is 36.8 Å². The Morgan fingerprint density at radius 2 is 2.04 bits per heavy atom. The first kappa shape index (κ1) is 18.7. The molecule has 1 N–H and O–H groups in total. The molecule has 142 valence electrons. The summed E-state index contributed by atoms with van der Waals surface area (Å²) in [5.74, 6) is -3.86. The first-order chi connectivity index (χ1) is 12.9. The maximum atomic E-state index is 13.3. The van der Waals surface area contributed by atoms with Gasteiger partial charge >= 0.3 is 0 Å². The number of carbonyl (C=O) groups is 1. The van der Waals surface area contributed by atoms with E-state index in [1.54, 1.807) is 17.0 Å². The number of halogens is 3. The lowest BCUT2D eigenvalue weighted by atomic mass is 10.2. The molecular weight excluding hydrogens is 361 g/mol. The van der Waals surface area contributed by atoms with Crippen LogP contribution in [0.5, 0.6) is 5.75 Å². The van der Waals surface area contributed by atoms with E-state index in [0.29, 0.717) is 12.3 Å². The zero-order valence-electron chi connectivity index (χ0n) is 14.5. The van der Waals surface area contributed by atoms with E-state index in [1.165, 1.54) is 12.5 Å². The van der Waals surface area contributed by atoms with Crippen LogP contribution in [-0.2, 0) is 11.3 Å². The first-order valence-corrected chi connectivity index (χ1v) is 8.16. The summed E-state index contributed by atoms with van der Waals surface area (Å²) in [5.41, 5.74) is 1.10. The molecule has 9 heteroatoms. The predicted molar refractivity (Wildman–Crippen MR) is 91.6 cm³/mol. The number of benzene rings is 1. The predicted octanol–water partition coefficient (Wildman–Crippen LogP) is 2.17. The number of aromatic nitrogens is 1. The molecule has 27 heavy (non-hydrogen) atoms. The molecule has 6 nitrogen and oxygen atoms in total. The van der Waals surface area contributed by atoms with Gasteiger partial charge in [-0.15, -0.1) is 0 Å². The van der Waals surface area contributed by atoms with E-state index in [4.69, 9.17) is 4.74 Å². The molecule has 1 aromatic heterocycles. The quantitative estimate of drug-likeness (QED) is 0.783. The van der Waals surface area contributed by atoms with E-state index in [-0.39, 0.29) is 24.6 Å². The van der Waals surface area contributed by atoms with E-state index in [2.05, 4.69) is 15.3 Å². The molecule has 1 amide bonds. The zero-order chi connectivity index (χ0) is 19.4. The van der Waals surface area contributed by atoms with E-state index in [0.717, 1.165) is 17.8 Å². The minimum Gasteiger partial charge on any atom is -0.482 e. The Kier molecular flexibility index (Phi) is 5.58. The zero-order valence-corrected chi connectivity index (χ0v) is 14.5. The normalized spacial score (nSPS) is 15.9. The van der Waals surface area contributed by atoms with Gasteiger partial charge in [0.2, 0.25) is 0 Å². The third kappa shape index (κ3) is 4.96. The maximum absolute atomic E-state index is 13.3. The third-order valence-corrected chi connectivity index (χ3v) is 3.83. The van der Waals surface area contributed by atoms with Crippen LogP contribution in [-0.4, -0.2) is 41.4 Å². The van der Waals surface area contributed by atoms with Gasteiger partial charge in [-0.25, -0.2) is 18.2 Å².